The van der Waals surface area contributed by atoms with Crippen molar-refractivity contribution >= 4 is 29.9 Å². The average Bonchev–Trinajstić information content (AvgIpc) is 2.92. The lowest BCUT2D eigenvalue weighted by molar-refractivity contribution is 0.0940. The van der Waals surface area contributed by atoms with Crippen LogP contribution in [0.4, 0.5) is 0 Å². The van der Waals surface area contributed by atoms with Crippen molar-refractivity contribution in [1.29, 1.82) is 0 Å². The number of hydrogen-bond acceptors (Lipinski definition) is 4. The molecule has 1 atom stereocenters. The monoisotopic (exact) mass is 383 g/mol. The molecular weight excluding hydrogens is 361 g/mol. The molecule has 25 heavy (non-hydrogen) atoms. The highest BCUT2D eigenvalue weighted by Gasteiger charge is 2.18. The van der Waals surface area contributed by atoms with Gasteiger partial charge in [0, 0.05) is 12.2 Å². The number of amides is 1. The van der Waals surface area contributed by atoms with E-state index in [4.69, 9.17) is 11.6 Å². The summed E-state index contributed by atoms with van der Waals surface area (Å²) in [5.74, 6) is 0.809. The van der Waals surface area contributed by atoms with Crippen LogP contribution in [0.25, 0.3) is 5.82 Å². The van der Waals surface area contributed by atoms with Gasteiger partial charge in [-0.1, -0.05) is 11.6 Å². The maximum atomic E-state index is 12.5. The van der Waals surface area contributed by atoms with Gasteiger partial charge in [-0.25, -0.2) is 9.67 Å². The molecule has 0 aromatic carbocycles. The number of rotatable bonds is 4. The predicted octanol–water partition coefficient (Wildman–Crippen LogP) is 2.69. The molecule has 2 N–H and O–H groups in total. The standard InChI is InChI=1S/C17H22ClN5O.ClH/c1-11-8-12(2)23(22-11)15-6-5-14(18)16(21-15)17(24)20-10-13-4-3-7-19-9-13;/h5-6,8,13,19H,3-4,7,9-10H2,1-2H3,(H,20,24);1H. The molecule has 1 aliphatic heterocycles. The molecule has 0 saturated carbocycles. The van der Waals surface area contributed by atoms with Gasteiger partial charge in [0.1, 0.15) is 5.69 Å². The summed E-state index contributed by atoms with van der Waals surface area (Å²) in [4.78, 5) is 16.9. The quantitative estimate of drug-likeness (QED) is 0.850. The van der Waals surface area contributed by atoms with Gasteiger partial charge in [-0.2, -0.15) is 5.10 Å². The second kappa shape index (κ2) is 8.65. The molecule has 2 aromatic heterocycles. The Kier molecular flexibility index (Phi) is 6.81. The molecule has 3 rings (SSSR count). The SMILES string of the molecule is Cc1cc(C)n(-c2ccc(Cl)c(C(=O)NCC3CCCNC3)n2)n1.Cl. The van der Waals surface area contributed by atoms with E-state index in [9.17, 15) is 4.79 Å². The van der Waals surface area contributed by atoms with Gasteiger partial charge in [0.25, 0.3) is 5.91 Å². The van der Waals surface area contributed by atoms with Gasteiger partial charge in [-0.3, -0.25) is 4.79 Å². The summed E-state index contributed by atoms with van der Waals surface area (Å²) in [5.41, 5.74) is 2.10. The number of piperidine rings is 1. The minimum absolute atomic E-state index is 0. The Hall–Kier alpha value is -1.63. The summed E-state index contributed by atoms with van der Waals surface area (Å²) in [5, 5.41) is 11.0. The molecule has 2 aromatic rings. The van der Waals surface area contributed by atoms with Crippen molar-refractivity contribution in [3.8, 4) is 5.82 Å². The molecule has 8 heteroatoms. The lowest BCUT2D eigenvalue weighted by Crippen LogP contribution is -2.38. The Balaban J connectivity index is 0.00000225. The molecule has 1 unspecified atom stereocenters. The first-order chi connectivity index (χ1) is 11.5. The van der Waals surface area contributed by atoms with Gasteiger partial charge in [-0.15, -0.1) is 12.4 Å². The van der Waals surface area contributed by atoms with Crippen LogP contribution in [0.2, 0.25) is 5.02 Å². The molecule has 1 saturated heterocycles. The smallest absolute Gasteiger partial charge is 0.271 e. The van der Waals surface area contributed by atoms with E-state index in [1.54, 1.807) is 16.8 Å². The highest BCUT2D eigenvalue weighted by Crippen LogP contribution is 2.18. The van der Waals surface area contributed by atoms with E-state index < -0.39 is 0 Å². The minimum atomic E-state index is -0.242. The zero-order valence-corrected chi connectivity index (χ0v) is 16.0. The molecule has 0 bridgehead atoms. The van der Waals surface area contributed by atoms with Crippen molar-refractivity contribution in [2.75, 3.05) is 19.6 Å². The van der Waals surface area contributed by atoms with Crippen molar-refractivity contribution in [2.24, 2.45) is 5.92 Å². The summed E-state index contributed by atoms with van der Waals surface area (Å²) >= 11 is 6.18. The van der Waals surface area contributed by atoms with Crippen molar-refractivity contribution in [3.05, 3.63) is 40.3 Å². The minimum Gasteiger partial charge on any atom is -0.350 e. The van der Waals surface area contributed by atoms with Gasteiger partial charge >= 0.3 is 0 Å². The Labute approximate surface area is 158 Å². The summed E-state index contributed by atoms with van der Waals surface area (Å²) in [6.45, 7) is 6.50. The first-order valence-electron chi connectivity index (χ1n) is 8.23. The summed E-state index contributed by atoms with van der Waals surface area (Å²) in [6.07, 6.45) is 2.27. The number of carbonyl (C=O) groups excluding carboxylic acids is 1. The van der Waals surface area contributed by atoms with E-state index in [1.165, 1.54) is 0 Å². The normalized spacial score (nSPS) is 17.0. The summed E-state index contributed by atoms with van der Waals surface area (Å²) in [7, 11) is 0. The fourth-order valence-electron chi connectivity index (χ4n) is 2.99. The third-order valence-electron chi connectivity index (χ3n) is 4.22. The van der Waals surface area contributed by atoms with Crippen LogP contribution in [-0.2, 0) is 0 Å². The Morgan fingerprint density at radius 2 is 2.24 bits per heavy atom. The maximum Gasteiger partial charge on any atom is 0.271 e. The van der Waals surface area contributed by atoms with Crippen LogP contribution in [0.1, 0.15) is 34.7 Å². The summed E-state index contributed by atoms with van der Waals surface area (Å²) in [6, 6.07) is 5.42. The van der Waals surface area contributed by atoms with E-state index in [-0.39, 0.29) is 24.0 Å². The van der Waals surface area contributed by atoms with Crippen molar-refractivity contribution in [1.82, 2.24) is 25.4 Å². The number of nitrogens with zero attached hydrogens (tertiary/aromatic N) is 3. The first-order valence-corrected chi connectivity index (χ1v) is 8.61. The first kappa shape index (κ1) is 19.7. The number of carbonyl (C=O) groups is 1. The number of aromatic nitrogens is 3. The second-order valence-corrected chi connectivity index (χ2v) is 6.67. The van der Waals surface area contributed by atoms with Crippen LogP contribution < -0.4 is 10.6 Å². The zero-order chi connectivity index (χ0) is 17.1. The fourth-order valence-corrected chi connectivity index (χ4v) is 3.18. The molecule has 0 radical (unpaired) electrons. The molecule has 1 aliphatic rings. The van der Waals surface area contributed by atoms with Gasteiger partial charge in [0.2, 0.25) is 0 Å². The van der Waals surface area contributed by atoms with Gasteiger partial charge in [0.15, 0.2) is 5.82 Å². The van der Waals surface area contributed by atoms with E-state index in [0.29, 0.717) is 23.3 Å². The van der Waals surface area contributed by atoms with Crippen molar-refractivity contribution in [3.63, 3.8) is 0 Å². The molecule has 1 amide bonds. The summed E-state index contributed by atoms with van der Waals surface area (Å²) < 4.78 is 1.72. The Morgan fingerprint density at radius 1 is 1.44 bits per heavy atom. The number of nitrogens with one attached hydrogen (secondary N) is 2. The average molecular weight is 384 g/mol. The zero-order valence-electron chi connectivity index (χ0n) is 14.4. The molecular formula is C17H23Cl2N5O. The number of aryl methyl sites for hydroxylation is 2. The topological polar surface area (TPSA) is 71.8 Å². The number of hydrogen-bond donors (Lipinski definition) is 2. The van der Waals surface area contributed by atoms with Crippen LogP contribution in [-0.4, -0.2) is 40.3 Å². The van der Waals surface area contributed by atoms with Crippen molar-refractivity contribution in [2.45, 2.75) is 26.7 Å². The van der Waals surface area contributed by atoms with Gasteiger partial charge in [0.05, 0.1) is 10.7 Å². The third kappa shape index (κ3) is 4.71. The molecule has 136 valence electrons. The second-order valence-electron chi connectivity index (χ2n) is 6.26. The maximum absolute atomic E-state index is 12.5. The van der Waals surface area contributed by atoms with E-state index >= 15 is 0 Å². The molecule has 3 heterocycles. The molecule has 6 nitrogen and oxygen atoms in total. The number of pyridine rings is 1. The van der Waals surface area contributed by atoms with Crippen LogP contribution in [0.5, 0.6) is 0 Å². The van der Waals surface area contributed by atoms with Crippen LogP contribution in [0.3, 0.4) is 0 Å². The number of halogens is 2. The fraction of sp³-hybridized carbons (Fsp3) is 0.471. The predicted molar refractivity (Wildman–Crippen MR) is 101 cm³/mol. The highest BCUT2D eigenvalue weighted by molar-refractivity contribution is 6.33. The van der Waals surface area contributed by atoms with Crippen LogP contribution in [0, 0.1) is 19.8 Å². The van der Waals surface area contributed by atoms with E-state index in [2.05, 4.69) is 20.7 Å². The van der Waals surface area contributed by atoms with Crippen molar-refractivity contribution < 1.29 is 4.79 Å². The molecule has 0 aliphatic carbocycles. The molecule has 0 spiro atoms. The van der Waals surface area contributed by atoms with Crippen LogP contribution >= 0.6 is 24.0 Å². The van der Waals surface area contributed by atoms with E-state index in [0.717, 1.165) is 37.3 Å². The Morgan fingerprint density at radius 3 is 2.88 bits per heavy atom. The largest absolute Gasteiger partial charge is 0.350 e. The molecule has 1 fully saturated rings. The highest BCUT2D eigenvalue weighted by atomic mass is 35.5. The lowest BCUT2D eigenvalue weighted by atomic mass is 10.00. The van der Waals surface area contributed by atoms with E-state index in [1.807, 2.05) is 19.9 Å². The third-order valence-corrected chi connectivity index (χ3v) is 4.53. The Bertz CT molecular complexity index is 741. The van der Waals surface area contributed by atoms with Gasteiger partial charge in [-0.05, 0) is 63.9 Å². The lowest BCUT2D eigenvalue weighted by Gasteiger charge is -2.22. The van der Waals surface area contributed by atoms with Gasteiger partial charge < -0.3 is 10.6 Å². The van der Waals surface area contributed by atoms with Crippen LogP contribution in [0.15, 0.2) is 18.2 Å².